The van der Waals surface area contributed by atoms with Gasteiger partial charge in [0.05, 0.1) is 6.54 Å². The van der Waals surface area contributed by atoms with Crippen LogP contribution >= 0.6 is 24.0 Å². The van der Waals surface area contributed by atoms with Crippen LogP contribution in [0, 0.1) is 5.92 Å². The van der Waals surface area contributed by atoms with E-state index in [9.17, 15) is 4.79 Å². The normalized spacial score (nSPS) is 16.6. The topological polar surface area (TPSA) is 87.4 Å². The van der Waals surface area contributed by atoms with Gasteiger partial charge < -0.3 is 15.5 Å². The van der Waals surface area contributed by atoms with Crippen LogP contribution in [-0.4, -0.2) is 57.7 Å². The molecule has 1 unspecified atom stereocenters. The molecule has 0 radical (unpaired) electrons. The fraction of sp³-hybridized carbons (Fsp3) is 0.500. The summed E-state index contributed by atoms with van der Waals surface area (Å²) in [5.74, 6) is 1.02. The molecular weight excluding hydrogens is 481 g/mol. The van der Waals surface area contributed by atoms with Crippen molar-refractivity contribution in [2.24, 2.45) is 10.9 Å². The van der Waals surface area contributed by atoms with Crippen LogP contribution in [0.25, 0.3) is 0 Å². The summed E-state index contributed by atoms with van der Waals surface area (Å²) in [6.45, 7) is 6.79. The number of benzene rings is 1. The molecule has 158 valence electrons. The molecule has 1 aromatic heterocycles. The number of aliphatic imine (C=N–C) groups is 1. The fourth-order valence-electron chi connectivity index (χ4n) is 3.36. The summed E-state index contributed by atoms with van der Waals surface area (Å²) in [7, 11) is 1.77. The molecule has 29 heavy (non-hydrogen) atoms. The van der Waals surface area contributed by atoms with Gasteiger partial charge in [-0.2, -0.15) is 5.10 Å². The Labute approximate surface area is 189 Å². The van der Waals surface area contributed by atoms with Crippen molar-refractivity contribution < 1.29 is 4.79 Å². The zero-order chi connectivity index (χ0) is 19.9. The van der Waals surface area contributed by atoms with E-state index in [0.717, 1.165) is 25.5 Å². The first-order valence-electron chi connectivity index (χ1n) is 9.71. The van der Waals surface area contributed by atoms with Crippen LogP contribution in [0.4, 0.5) is 0 Å². The Morgan fingerprint density at radius 3 is 2.83 bits per heavy atom. The number of carbonyl (C=O) groups is 1. The summed E-state index contributed by atoms with van der Waals surface area (Å²) in [5, 5.41) is 10.9. The average Bonchev–Trinajstić information content (AvgIpc) is 3.36. The van der Waals surface area contributed by atoms with Gasteiger partial charge in [0, 0.05) is 38.6 Å². The van der Waals surface area contributed by atoms with E-state index in [-0.39, 0.29) is 41.8 Å². The highest BCUT2D eigenvalue weighted by atomic mass is 127. The molecule has 1 aliphatic heterocycles. The zero-order valence-electron chi connectivity index (χ0n) is 17.2. The van der Waals surface area contributed by atoms with Crippen LogP contribution in [0.3, 0.4) is 0 Å². The van der Waals surface area contributed by atoms with E-state index in [1.165, 1.54) is 11.1 Å². The number of rotatable bonds is 6. The summed E-state index contributed by atoms with van der Waals surface area (Å²) < 4.78 is 1.80. The quantitative estimate of drug-likeness (QED) is 0.352. The summed E-state index contributed by atoms with van der Waals surface area (Å²) in [4.78, 5) is 22.4. The molecule has 0 saturated carbocycles. The maximum atomic E-state index is 12.1. The van der Waals surface area contributed by atoms with Crippen molar-refractivity contribution in [2.45, 2.75) is 39.4 Å². The minimum atomic E-state index is 0. The minimum Gasteiger partial charge on any atom is -0.352 e. The molecule has 3 rings (SSSR count). The van der Waals surface area contributed by atoms with E-state index in [4.69, 9.17) is 0 Å². The first kappa shape index (κ1) is 23.1. The third-order valence-corrected chi connectivity index (χ3v) is 4.82. The molecule has 1 amide bonds. The lowest BCUT2D eigenvalue weighted by Crippen LogP contribution is -2.45. The predicted octanol–water partition coefficient (Wildman–Crippen LogP) is 1.87. The zero-order valence-corrected chi connectivity index (χ0v) is 19.5. The summed E-state index contributed by atoms with van der Waals surface area (Å²) in [6, 6.07) is 8.60. The van der Waals surface area contributed by atoms with Crippen molar-refractivity contribution in [2.75, 3.05) is 20.1 Å². The Morgan fingerprint density at radius 1 is 1.34 bits per heavy atom. The third-order valence-electron chi connectivity index (χ3n) is 4.82. The average molecular weight is 511 g/mol. The number of guanidine groups is 1. The second-order valence-electron chi connectivity index (χ2n) is 7.41. The van der Waals surface area contributed by atoms with E-state index in [1.54, 1.807) is 24.4 Å². The van der Waals surface area contributed by atoms with Crippen LogP contribution in [0.15, 0.2) is 41.9 Å². The van der Waals surface area contributed by atoms with E-state index in [1.807, 2.05) is 24.8 Å². The Bertz CT molecular complexity index is 807. The van der Waals surface area contributed by atoms with Crippen LogP contribution in [0.1, 0.15) is 31.4 Å². The van der Waals surface area contributed by atoms with Crippen LogP contribution in [-0.2, 0) is 17.9 Å². The van der Waals surface area contributed by atoms with Gasteiger partial charge >= 0.3 is 0 Å². The minimum absolute atomic E-state index is 0. The molecule has 2 N–H and O–H groups in total. The third kappa shape index (κ3) is 6.69. The van der Waals surface area contributed by atoms with E-state index in [0.29, 0.717) is 13.1 Å². The van der Waals surface area contributed by atoms with Crippen molar-refractivity contribution in [1.82, 2.24) is 30.3 Å². The second-order valence-corrected chi connectivity index (χ2v) is 7.41. The Morgan fingerprint density at radius 2 is 2.14 bits per heavy atom. The van der Waals surface area contributed by atoms with Gasteiger partial charge in [-0.1, -0.05) is 38.1 Å². The molecule has 9 heteroatoms. The van der Waals surface area contributed by atoms with Gasteiger partial charge in [-0.3, -0.25) is 9.79 Å². The number of hydrogen-bond acceptors (Lipinski definition) is 4. The lowest BCUT2D eigenvalue weighted by Gasteiger charge is -2.20. The number of nitrogens with zero attached hydrogens (tertiary/aromatic N) is 5. The molecule has 2 heterocycles. The van der Waals surface area contributed by atoms with Crippen molar-refractivity contribution in [3.63, 3.8) is 0 Å². The maximum Gasteiger partial charge on any atom is 0.225 e. The molecule has 2 aromatic rings. The van der Waals surface area contributed by atoms with Crippen molar-refractivity contribution >= 4 is 35.8 Å². The Kier molecular flexibility index (Phi) is 8.87. The van der Waals surface area contributed by atoms with Crippen LogP contribution in [0.2, 0.25) is 0 Å². The number of carbonyl (C=O) groups excluding carboxylic acids is 1. The van der Waals surface area contributed by atoms with Gasteiger partial charge in [0.25, 0.3) is 0 Å². The second kappa shape index (κ2) is 11.1. The molecule has 0 bridgehead atoms. The number of aromatic nitrogens is 3. The molecule has 1 fully saturated rings. The molecule has 1 aliphatic rings. The van der Waals surface area contributed by atoms with Gasteiger partial charge in [-0.25, -0.2) is 9.67 Å². The monoisotopic (exact) mass is 511 g/mol. The highest BCUT2D eigenvalue weighted by molar-refractivity contribution is 14.0. The molecular formula is C20H30IN7O. The van der Waals surface area contributed by atoms with Gasteiger partial charge in [0.1, 0.15) is 12.7 Å². The summed E-state index contributed by atoms with van der Waals surface area (Å²) in [5.41, 5.74) is 2.34. The SMILES string of the molecule is CN=C(NCc1cccc(Cn2cncn2)c1)NC1CCN(C(=O)C(C)C)C1.I. The number of hydrogen-bond donors (Lipinski definition) is 2. The Hall–Kier alpha value is -2.17. The van der Waals surface area contributed by atoms with Gasteiger partial charge in [-0.15, -0.1) is 24.0 Å². The largest absolute Gasteiger partial charge is 0.352 e. The van der Waals surface area contributed by atoms with Crippen molar-refractivity contribution in [3.8, 4) is 0 Å². The predicted molar refractivity (Wildman–Crippen MR) is 124 cm³/mol. The fourth-order valence-corrected chi connectivity index (χ4v) is 3.36. The lowest BCUT2D eigenvalue weighted by molar-refractivity contribution is -0.133. The first-order chi connectivity index (χ1) is 13.5. The van der Waals surface area contributed by atoms with Gasteiger partial charge in [0.15, 0.2) is 5.96 Å². The summed E-state index contributed by atoms with van der Waals surface area (Å²) in [6.07, 6.45) is 4.19. The standard InChI is InChI=1S/C20H29N7O.HI/c1-15(2)19(28)26-8-7-18(12-26)25-20(21-3)23-10-16-5-4-6-17(9-16)11-27-14-22-13-24-27;/h4-6,9,13-15,18H,7-8,10-12H2,1-3H3,(H2,21,23,25);1H. The highest BCUT2D eigenvalue weighted by Crippen LogP contribution is 2.13. The van der Waals surface area contributed by atoms with Crippen molar-refractivity contribution in [1.29, 1.82) is 0 Å². The summed E-state index contributed by atoms with van der Waals surface area (Å²) >= 11 is 0. The Balaban J connectivity index is 0.00000300. The van der Waals surface area contributed by atoms with Gasteiger partial charge in [0.2, 0.25) is 5.91 Å². The molecule has 1 atom stereocenters. The number of likely N-dealkylation sites (tertiary alicyclic amines) is 1. The van der Waals surface area contributed by atoms with Gasteiger partial charge in [-0.05, 0) is 17.5 Å². The molecule has 8 nitrogen and oxygen atoms in total. The lowest BCUT2D eigenvalue weighted by atomic mass is 10.1. The van der Waals surface area contributed by atoms with Crippen LogP contribution < -0.4 is 10.6 Å². The number of nitrogens with one attached hydrogen (secondary N) is 2. The number of halogens is 1. The molecule has 1 saturated heterocycles. The van der Waals surface area contributed by atoms with Crippen molar-refractivity contribution in [3.05, 3.63) is 48.0 Å². The highest BCUT2D eigenvalue weighted by Gasteiger charge is 2.27. The molecule has 0 spiro atoms. The number of amides is 1. The van der Waals surface area contributed by atoms with Crippen LogP contribution in [0.5, 0.6) is 0 Å². The maximum absolute atomic E-state index is 12.1. The smallest absolute Gasteiger partial charge is 0.225 e. The molecule has 0 aliphatic carbocycles. The molecule has 1 aromatic carbocycles. The van der Waals surface area contributed by atoms with E-state index in [2.05, 4.69) is 43.9 Å². The van der Waals surface area contributed by atoms with E-state index < -0.39 is 0 Å². The first-order valence-corrected chi connectivity index (χ1v) is 9.71. The van der Waals surface area contributed by atoms with E-state index >= 15 is 0 Å².